The van der Waals surface area contributed by atoms with Gasteiger partial charge in [0.25, 0.3) is 0 Å². The van der Waals surface area contributed by atoms with Gasteiger partial charge in [-0.15, -0.1) is 0 Å². The molecule has 36 heavy (non-hydrogen) atoms. The van der Waals surface area contributed by atoms with Gasteiger partial charge in [0.15, 0.2) is 17.4 Å². The zero-order valence-corrected chi connectivity index (χ0v) is 22.8. The van der Waals surface area contributed by atoms with Gasteiger partial charge in [0.05, 0.1) is 35.2 Å². The average molecular weight is 597 g/mol. The first kappa shape index (κ1) is 27.7. The van der Waals surface area contributed by atoms with Crippen molar-refractivity contribution in [2.45, 2.75) is 13.8 Å². The smallest absolute Gasteiger partial charge is 0.166 e. The number of phenols is 1. The molecule has 3 rings (SSSR count). The molecule has 0 aliphatic carbocycles. The quantitative estimate of drug-likeness (QED) is 0.0819. The average Bonchev–Trinajstić information content (AvgIpc) is 2.87. The number of ether oxygens (including phenoxy) is 1. The first-order valence-electron chi connectivity index (χ1n) is 10.9. The van der Waals surface area contributed by atoms with Gasteiger partial charge in [-0.1, -0.05) is 41.9 Å². The molecular formula is C25H25BrCl2FN5O2. The fourth-order valence-corrected chi connectivity index (χ4v) is 4.44. The van der Waals surface area contributed by atoms with Crippen LogP contribution in [0.15, 0.2) is 58.0 Å². The predicted molar refractivity (Wildman–Crippen MR) is 147 cm³/mol. The molecule has 0 atom stereocenters. The molecule has 0 aromatic heterocycles. The number of phenolic OH excluding ortho intramolecular Hbond substituents is 1. The molecular weight excluding hydrogens is 572 g/mol. The third kappa shape index (κ3) is 6.86. The van der Waals surface area contributed by atoms with Gasteiger partial charge in [0.2, 0.25) is 0 Å². The molecule has 2 aromatic carbocycles. The standard InChI is InChI=1S/C25H25BrCl2FN5O2/c1-4-20(29)25(34-10-12-36-13-11-34)31-16(3)33-30-9-8-17-14-18(26)23(21(28)24(17)35)32-22-15(2)6-5-7-19(22)27/h4-7,14,30,32,35H,1,10-13H2,2-3H3,(H,31,33)/b25-20-. The van der Waals surface area contributed by atoms with Crippen molar-refractivity contribution >= 4 is 56.3 Å². The summed E-state index contributed by atoms with van der Waals surface area (Å²) in [6, 6.07) is 9.82. The molecule has 1 saturated heterocycles. The Morgan fingerprint density at radius 3 is 2.69 bits per heavy atom. The molecule has 2 aromatic rings. The molecule has 1 heterocycles. The van der Waals surface area contributed by atoms with E-state index in [-0.39, 0.29) is 22.2 Å². The Morgan fingerprint density at radius 2 is 2.03 bits per heavy atom. The summed E-state index contributed by atoms with van der Waals surface area (Å²) in [5, 5.41) is 14.4. The summed E-state index contributed by atoms with van der Waals surface area (Å²) in [6.07, 6.45) is 1.12. The molecule has 0 amide bonds. The van der Waals surface area contributed by atoms with Gasteiger partial charge in [0.1, 0.15) is 10.9 Å². The van der Waals surface area contributed by atoms with Gasteiger partial charge in [-0.2, -0.15) is 0 Å². The maximum absolute atomic E-state index is 14.3. The number of aryl methyl sites for hydroxylation is 1. The predicted octanol–water partition coefficient (Wildman–Crippen LogP) is 5.99. The normalized spacial score (nSPS) is 14.4. The number of amidine groups is 1. The molecule has 0 spiro atoms. The number of para-hydroxylation sites is 1. The fourth-order valence-electron chi connectivity index (χ4n) is 3.28. The summed E-state index contributed by atoms with van der Waals surface area (Å²) in [5.74, 6) is 2.60. The van der Waals surface area contributed by atoms with E-state index < -0.39 is 5.83 Å². The van der Waals surface area contributed by atoms with Crippen molar-refractivity contribution < 1.29 is 14.2 Å². The first-order valence-corrected chi connectivity index (χ1v) is 12.4. The van der Waals surface area contributed by atoms with Crippen LogP contribution in [-0.4, -0.2) is 42.1 Å². The maximum Gasteiger partial charge on any atom is 0.166 e. The number of hydrogen-bond acceptors (Lipinski definition) is 6. The van der Waals surface area contributed by atoms with Crippen LogP contribution in [0.3, 0.4) is 0 Å². The van der Waals surface area contributed by atoms with Crippen LogP contribution in [0.5, 0.6) is 5.75 Å². The van der Waals surface area contributed by atoms with E-state index in [9.17, 15) is 9.50 Å². The lowest BCUT2D eigenvalue weighted by Crippen LogP contribution is -2.37. The number of anilines is 2. The van der Waals surface area contributed by atoms with Crippen LogP contribution in [0.2, 0.25) is 10.0 Å². The number of allylic oxidation sites excluding steroid dienone is 2. The van der Waals surface area contributed by atoms with Gasteiger partial charge in [-0.3, -0.25) is 10.9 Å². The van der Waals surface area contributed by atoms with Crippen molar-refractivity contribution in [1.29, 1.82) is 0 Å². The number of nitrogens with zero attached hydrogens (tertiary/aromatic N) is 2. The van der Waals surface area contributed by atoms with Crippen LogP contribution in [0, 0.1) is 18.9 Å². The number of rotatable bonds is 6. The van der Waals surface area contributed by atoms with E-state index in [0.717, 1.165) is 11.6 Å². The van der Waals surface area contributed by atoms with E-state index in [1.807, 2.05) is 19.1 Å². The van der Waals surface area contributed by atoms with Gasteiger partial charge in [-0.25, -0.2) is 9.38 Å². The SMILES string of the molecule is C=C/C(F)=C(\N=C(/C)NNC#Cc1cc(Br)c(Nc2c(C)cccc2Cl)c(Cl)c1O)N1CCOCC1. The van der Waals surface area contributed by atoms with E-state index in [1.165, 1.54) is 0 Å². The topological polar surface area (TPSA) is 81.2 Å². The highest BCUT2D eigenvalue weighted by atomic mass is 79.9. The van der Waals surface area contributed by atoms with E-state index in [4.69, 9.17) is 27.9 Å². The number of hydrazine groups is 1. The molecule has 0 saturated carbocycles. The number of benzene rings is 2. The summed E-state index contributed by atoms with van der Waals surface area (Å²) in [6.45, 7) is 9.09. The Morgan fingerprint density at radius 1 is 1.31 bits per heavy atom. The zero-order chi connectivity index (χ0) is 26.2. The van der Waals surface area contributed by atoms with Crippen LogP contribution >= 0.6 is 39.1 Å². The third-order valence-electron chi connectivity index (χ3n) is 5.14. The largest absolute Gasteiger partial charge is 0.505 e. The molecule has 0 unspecified atom stereocenters. The molecule has 190 valence electrons. The second kappa shape index (κ2) is 12.9. The summed E-state index contributed by atoms with van der Waals surface area (Å²) in [7, 11) is 0. The number of aliphatic imine (C=N–C) groups is 1. The van der Waals surface area contributed by atoms with Gasteiger partial charge in [0, 0.05) is 23.6 Å². The lowest BCUT2D eigenvalue weighted by atomic mass is 10.1. The minimum atomic E-state index is -0.533. The number of hydrogen-bond donors (Lipinski definition) is 4. The highest BCUT2D eigenvalue weighted by molar-refractivity contribution is 9.10. The van der Waals surface area contributed by atoms with Crippen molar-refractivity contribution in [2.24, 2.45) is 4.99 Å². The van der Waals surface area contributed by atoms with E-state index in [2.05, 4.69) is 55.6 Å². The van der Waals surface area contributed by atoms with Crippen LogP contribution in [0.1, 0.15) is 18.1 Å². The number of halogens is 4. The van der Waals surface area contributed by atoms with E-state index in [0.29, 0.717) is 53.0 Å². The Kier molecular flexibility index (Phi) is 9.90. The van der Waals surface area contributed by atoms with Gasteiger partial charge in [-0.05, 0) is 59.5 Å². The van der Waals surface area contributed by atoms with Gasteiger partial charge < -0.3 is 20.1 Å². The highest BCUT2D eigenvalue weighted by Crippen LogP contribution is 2.42. The van der Waals surface area contributed by atoms with Crippen LogP contribution in [-0.2, 0) is 4.74 Å². The number of aromatic hydroxyl groups is 1. The molecule has 1 aliphatic rings. The molecule has 0 bridgehead atoms. The molecule has 0 radical (unpaired) electrons. The van der Waals surface area contributed by atoms with Gasteiger partial charge >= 0.3 is 0 Å². The van der Waals surface area contributed by atoms with Crippen LogP contribution in [0.25, 0.3) is 0 Å². The van der Waals surface area contributed by atoms with Crippen LogP contribution < -0.4 is 16.2 Å². The monoisotopic (exact) mass is 595 g/mol. The van der Waals surface area contributed by atoms with E-state index >= 15 is 0 Å². The lowest BCUT2D eigenvalue weighted by Gasteiger charge is -2.29. The Bertz CT molecular complexity index is 1250. The fraction of sp³-hybridized carbons (Fsp3) is 0.240. The van der Waals surface area contributed by atoms with E-state index in [1.54, 1.807) is 24.0 Å². The number of nitrogens with one attached hydrogen (secondary N) is 3. The minimum Gasteiger partial charge on any atom is -0.505 e. The van der Waals surface area contributed by atoms with Crippen LogP contribution in [0.4, 0.5) is 15.8 Å². The molecule has 1 aliphatic heterocycles. The Balaban J connectivity index is 1.73. The summed E-state index contributed by atoms with van der Waals surface area (Å²) < 4.78 is 20.2. The maximum atomic E-state index is 14.3. The highest BCUT2D eigenvalue weighted by Gasteiger charge is 2.18. The summed E-state index contributed by atoms with van der Waals surface area (Å²) in [4.78, 5) is 6.10. The molecule has 7 nitrogen and oxygen atoms in total. The number of morpholine rings is 1. The molecule has 4 N–H and O–H groups in total. The Hall–Kier alpha value is -2.90. The Labute approximate surface area is 228 Å². The second-order valence-electron chi connectivity index (χ2n) is 7.67. The van der Waals surface area contributed by atoms with Crippen molar-refractivity contribution in [3.63, 3.8) is 0 Å². The second-order valence-corrected chi connectivity index (χ2v) is 9.31. The lowest BCUT2D eigenvalue weighted by molar-refractivity contribution is 0.0520. The minimum absolute atomic E-state index is 0.0823. The van der Waals surface area contributed by atoms with Crippen molar-refractivity contribution in [1.82, 2.24) is 15.8 Å². The summed E-state index contributed by atoms with van der Waals surface area (Å²) >= 11 is 16.2. The van der Waals surface area contributed by atoms with Crippen molar-refractivity contribution in [3.05, 3.63) is 74.2 Å². The first-order chi connectivity index (χ1) is 17.2. The van der Waals surface area contributed by atoms with Crippen molar-refractivity contribution in [2.75, 3.05) is 31.6 Å². The summed E-state index contributed by atoms with van der Waals surface area (Å²) in [5.41, 5.74) is 7.80. The van der Waals surface area contributed by atoms with Crippen molar-refractivity contribution in [3.8, 4) is 17.7 Å². The zero-order valence-electron chi connectivity index (χ0n) is 19.7. The third-order valence-corrected chi connectivity index (χ3v) is 6.45. The molecule has 1 fully saturated rings. The molecule has 11 heteroatoms.